The summed E-state index contributed by atoms with van der Waals surface area (Å²) >= 11 is 0. The van der Waals surface area contributed by atoms with Crippen molar-refractivity contribution in [3.8, 4) is 0 Å². The van der Waals surface area contributed by atoms with Gasteiger partial charge >= 0.3 is 6.03 Å². The predicted octanol–water partition coefficient (Wildman–Crippen LogP) is 1.45. The first-order valence-electron chi connectivity index (χ1n) is 7.08. The summed E-state index contributed by atoms with van der Waals surface area (Å²) in [6.45, 7) is 1.31. The molecular weight excluding hydrogens is 287 g/mol. The molecule has 118 valence electrons. The summed E-state index contributed by atoms with van der Waals surface area (Å²) in [5.74, 6) is -0.362. The number of benzene rings is 1. The van der Waals surface area contributed by atoms with Gasteiger partial charge in [-0.3, -0.25) is 4.68 Å². The molecule has 1 atom stereocenters. The fourth-order valence-corrected chi connectivity index (χ4v) is 1.93. The molecule has 0 aliphatic rings. The highest BCUT2D eigenvalue weighted by Crippen LogP contribution is 2.12. The number of amides is 2. The minimum absolute atomic E-state index is 0.0661. The van der Waals surface area contributed by atoms with Crippen LogP contribution >= 0.6 is 0 Å². The second-order valence-electron chi connectivity index (χ2n) is 4.83. The maximum atomic E-state index is 12.8. The third-order valence-electron chi connectivity index (χ3n) is 3.12. The van der Waals surface area contributed by atoms with E-state index in [1.54, 1.807) is 10.9 Å². The summed E-state index contributed by atoms with van der Waals surface area (Å²) in [6, 6.07) is 7.02. The maximum absolute atomic E-state index is 12.8. The van der Waals surface area contributed by atoms with Gasteiger partial charge in [-0.15, -0.1) is 0 Å². The van der Waals surface area contributed by atoms with Gasteiger partial charge in [0.2, 0.25) is 0 Å². The molecule has 0 spiro atoms. The molecule has 0 fully saturated rings. The van der Waals surface area contributed by atoms with E-state index in [1.165, 1.54) is 24.3 Å². The summed E-state index contributed by atoms with van der Waals surface area (Å²) in [5, 5.41) is 19.2. The van der Waals surface area contributed by atoms with Crippen molar-refractivity contribution in [2.45, 2.75) is 19.1 Å². The molecule has 0 radical (unpaired) electrons. The van der Waals surface area contributed by atoms with Gasteiger partial charge in [-0.05, 0) is 30.2 Å². The van der Waals surface area contributed by atoms with Gasteiger partial charge in [0.15, 0.2) is 0 Å². The summed E-state index contributed by atoms with van der Waals surface area (Å²) in [7, 11) is 0. The van der Waals surface area contributed by atoms with Gasteiger partial charge in [0.25, 0.3) is 0 Å². The zero-order valence-electron chi connectivity index (χ0n) is 12.1. The Morgan fingerprint density at radius 2 is 2.09 bits per heavy atom. The van der Waals surface area contributed by atoms with E-state index in [1.807, 2.05) is 12.3 Å². The minimum atomic E-state index is -0.865. The van der Waals surface area contributed by atoms with E-state index < -0.39 is 6.10 Å². The molecule has 6 nitrogen and oxygen atoms in total. The second kappa shape index (κ2) is 8.14. The molecule has 0 unspecified atom stereocenters. The Morgan fingerprint density at radius 3 is 2.77 bits per heavy atom. The van der Waals surface area contributed by atoms with Crippen LogP contribution in [0.25, 0.3) is 0 Å². The molecule has 0 aliphatic carbocycles. The van der Waals surface area contributed by atoms with Gasteiger partial charge in [0.1, 0.15) is 5.82 Å². The monoisotopic (exact) mass is 306 g/mol. The zero-order valence-corrected chi connectivity index (χ0v) is 12.1. The molecule has 0 bridgehead atoms. The number of rotatable bonds is 7. The van der Waals surface area contributed by atoms with E-state index in [0.717, 1.165) is 13.0 Å². The molecule has 22 heavy (non-hydrogen) atoms. The lowest BCUT2D eigenvalue weighted by molar-refractivity contribution is 0.173. The summed E-state index contributed by atoms with van der Waals surface area (Å²) in [4.78, 5) is 11.6. The molecule has 1 heterocycles. The third-order valence-corrected chi connectivity index (χ3v) is 3.12. The van der Waals surface area contributed by atoms with Crippen molar-refractivity contribution in [1.82, 2.24) is 20.4 Å². The van der Waals surface area contributed by atoms with Crippen LogP contribution in [0, 0.1) is 5.82 Å². The number of nitrogens with zero attached hydrogens (tertiary/aromatic N) is 2. The van der Waals surface area contributed by atoms with Gasteiger partial charge in [-0.1, -0.05) is 12.1 Å². The van der Waals surface area contributed by atoms with Crippen molar-refractivity contribution in [1.29, 1.82) is 0 Å². The molecule has 1 aromatic heterocycles. The highest BCUT2D eigenvalue weighted by atomic mass is 19.1. The largest absolute Gasteiger partial charge is 0.387 e. The van der Waals surface area contributed by atoms with Gasteiger partial charge in [0, 0.05) is 32.0 Å². The molecule has 2 amide bonds. The van der Waals surface area contributed by atoms with Crippen molar-refractivity contribution < 1.29 is 14.3 Å². The summed E-state index contributed by atoms with van der Waals surface area (Å²) in [5.41, 5.74) is 0.556. The zero-order chi connectivity index (χ0) is 15.8. The highest BCUT2D eigenvalue weighted by Gasteiger charge is 2.09. The van der Waals surface area contributed by atoms with Gasteiger partial charge in [-0.25, -0.2) is 9.18 Å². The number of aryl methyl sites for hydroxylation is 1. The van der Waals surface area contributed by atoms with Crippen LogP contribution in [0.1, 0.15) is 18.1 Å². The topological polar surface area (TPSA) is 79.2 Å². The number of aliphatic hydroxyl groups excluding tert-OH is 1. The molecule has 2 aromatic rings. The SMILES string of the molecule is O=C(NCCCn1cccn1)NC[C@H](O)c1ccc(F)cc1. The first-order chi connectivity index (χ1) is 10.6. The van der Waals surface area contributed by atoms with Crippen molar-refractivity contribution in [2.24, 2.45) is 0 Å². The molecular formula is C15H19FN4O2. The van der Waals surface area contributed by atoms with Crippen LogP contribution in [-0.2, 0) is 6.54 Å². The van der Waals surface area contributed by atoms with E-state index in [-0.39, 0.29) is 18.4 Å². The normalized spacial score (nSPS) is 11.9. The van der Waals surface area contributed by atoms with Crippen LogP contribution in [0.2, 0.25) is 0 Å². The molecule has 1 aromatic carbocycles. The quantitative estimate of drug-likeness (QED) is 0.677. The number of carbonyl (C=O) groups is 1. The Morgan fingerprint density at radius 1 is 1.32 bits per heavy atom. The van der Waals surface area contributed by atoms with Crippen LogP contribution in [0.5, 0.6) is 0 Å². The lowest BCUT2D eigenvalue weighted by Gasteiger charge is -2.13. The summed E-state index contributed by atoms with van der Waals surface area (Å²) in [6.07, 6.45) is 3.46. The number of halogens is 1. The van der Waals surface area contributed by atoms with Gasteiger partial charge in [-0.2, -0.15) is 5.10 Å². The Bertz CT molecular complexity index is 572. The lowest BCUT2D eigenvalue weighted by atomic mass is 10.1. The molecule has 7 heteroatoms. The number of nitrogens with one attached hydrogen (secondary N) is 2. The van der Waals surface area contributed by atoms with Crippen molar-refractivity contribution in [3.63, 3.8) is 0 Å². The van der Waals surface area contributed by atoms with Gasteiger partial charge < -0.3 is 15.7 Å². The van der Waals surface area contributed by atoms with E-state index in [2.05, 4.69) is 15.7 Å². The molecule has 3 N–H and O–H groups in total. The number of aliphatic hydroxyl groups is 1. The lowest BCUT2D eigenvalue weighted by Crippen LogP contribution is -2.38. The molecule has 0 saturated carbocycles. The fraction of sp³-hybridized carbons (Fsp3) is 0.333. The first kappa shape index (κ1) is 16.0. The van der Waals surface area contributed by atoms with E-state index >= 15 is 0 Å². The summed E-state index contributed by atoms with van der Waals surface area (Å²) < 4.78 is 14.6. The minimum Gasteiger partial charge on any atom is -0.387 e. The maximum Gasteiger partial charge on any atom is 0.314 e. The van der Waals surface area contributed by atoms with Crippen LogP contribution in [0.3, 0.4) is 0 Å². The number of hydrogen-bond donors (Lipinski definition) is 3. The molecule has 0 saturated heterocycles. The van der Waals surface area contributed by atoms with E-state index in [4.69, 9.17) is 0 Å². The van der Waals surface area contributed by atoms with Crippen LogP contribution in [-0.4, -0.2) is 34.0 Å². The van der Waals surface area contributed by atoms with Crippen molar-refractivity contribution in [3.05, 3.63) is 54.1 Å². The number of carbonyl (C=O) groups excluding carboxylic acids is 1. The van der Waals surface area contributed by atoms with Gasteiger partial charge in [0.05, 0.1) is 6.10 Å². The number of urea groups is 1. The highest BCUT2D eigenvalue weighted by molar-refractivity contribution is 5.73. The van der Waals surface area contributed by atoms with Crippen LogP contribution in [0.15, 0.2) is 42.7 Å². The number of aromatic nitrogens is 2. The average Bonchev–Trinajstić information content (AvgIpc) is 3.03. The molecule has 2 rings (SSSR count). The average molecular weight is 306 g/mol. The van der Waals surface area contributed by atoms with Crippen molar-refractivity contribution in [2.75, 3.05) is 13.1 Å². The van der Waals surface area contributed by atoms with Crippen molar-refractivity contribution >= 4 is 6.03 Å². The molecule has 0 aliphatic heterocycles. The number of hydrogen-bond acceptors (Lipinski definition) is 3. The Hall–Kier alpha value is -2.41. The Balaban J connectivity index is 1.61. The third kappa shape index (κ3) is 5.17. The van der Waals surface area contributed by atoms with Crippen LogP contribution < -0.4 is 10.6 Å². The predicted molar refractivity (Wildman–Crippen MR) is 79.6 cm³/mol. The van der Waals surface area contributed by atoms with Crippen LogP contribution in [0.4, 0.5) is 9.18 Å². The standard InChI is InChI=1S/C15H19FN4O2/c16-13-5-3-12(4-6-13)14(21)11-18-15(22)17-7-1-9-20-10-2-8-19-20/h2-6,8,10,14,21H,1,7,9,11H2,(H2,17,18,22)/t14-/m0/s1. The second-order valence-corrected chi connectivity index (χ2v) is 4.83. The Kier molecular flexibility index (Phi) is 5.91. The van der Waals surface area contributed by atoms with E-state index in [0.29, 0.717) is 12.1 Å². The smallest absolute Gasteiger partial charge is 0.314 e. The fourth-order valence-electron chi connectivity index (χ4n) is 1.93. The Labute approximate surface area is 128 Å². The van der Waals surface area contributed by atoms with E-state index in [9.17, 15) is 14.3 Å². The first-order valence-corrected chi connectivity index (χ1v) is 7.08.